The molecule has 0 saturated carbocycles. The van der Waals surface area contributed by atoms with Gasteiger partial charge in [0.2, 0.25) is 5.91 Å². The Bertz CT molecular complexity index is 409. The zero-order chi connectivity index (χ0) is 14.5. The average molecular weight is 284 g/mol. The Balaban J connectivity index is 2.57. The number of nitrogens with one attached hydrogen (secondary N) is 1. The SMILES string of the molecule is CCC(NC(=O)COC(C)(C)C)c1ccc(Cl)cc1. The molecule has 1 aromatic carbocycles. The highest BCUT2D eigenvalue weighted by molar-refractivity contribution is 6.30. The molecule has 0 bridgehead atoms. The van der Waals surface area contributed by atoms with Crippen molar-refractivity contribution in [2.45, 2.75) is 45.8 Å². The maximum Gasteiger partial charge on any atom is 0.246 e. The van der Waals surface area contributed by atoms with Crippen molar-refractivity contribution in [3.05, 3.63) is 34.9 Å². The molecule has 1 N–H and O–H groups in total. The van der Waals surface area contributed by atoms with Crippen molar-refractivity contribution < 1.29 is 9.53 Å². The minimum absolute atomic E-state index is 0.00617. The third-order valence-electron chi connectivity index (χ3n) is 2.65. The lowest BCUT2D eigenvalue weighted by molar-refractivity contribution is -0.131. The maximum atomic E-state index is 11.8. The number of ether oxygens (including phenoxy) is 1. The lowest BCUT2D eigenvalue weighted by atomic mass is 10.0. The first-order valence-electron chi connectivity index (χ1n) is 6.50. The van der Waals surface area contributed by atoms with Gasteiger partial charge in [-0.05, 0) is 44.9 Å². The second kappa shape index (κ2) is 6.92. The molecule has 4 heteroatoms. The summed E-state index contributed by atoms with van der Waals surface area (Å²) in [4.78, 5) is 11.8. The summed E-state index contributed by atoms with van der Waals surface area (Å²) in [5.41, 5.74) is 0.746. The summed E-state index contributed by atoms with van der Waals surface area (Å²) in [5, 5.41) is 3.66. The van der Waals surface area contributed by atoms with E-state index in [0.717, 1.165) is 12.0 Å². The van der Waals surface area contributed by atoms with Gasteiger partial charge in [0.15, 0.2) is 0 Å². The van der Waals surface area contributed by atoms with Gasteiger partial charge in [-0.3, -0.25) is 4.79 Å². The van der Waals surface area contributed by atoms with E-state index in [1.807, 2.05) is 52.0 Å². The number of hydrogen-bond acceptors (Lipinski definition) is 2. The Kier molecular flexibility index (Phi) is 5.83. The van der Waals surface area contributed by atoms with Crippen LogP contribution in [0.25, 0.3) is 0 Å². The topological polar surface area (TPSA) is 38.3 Å². The van der Waals surface area contributed by atoms with Crippen LogP contribution >= 0.6 is 11.6 Å². The predicted molar refractivity (Wildman–Crippen MR) is 78.3 cm³/mol. The normalized spacial score (nSPS) is 13.1. The molecule has 1 unspecified atom stereocenters. The average Bonchev–Trinajstić information content (AvgIpc) is 2.34. The van der Waals surface area contributed by atoms with Crippen LogP contribution in [0.5, 0.6) is 0 Å². The lowest BCUT2D eigenvalue weighted by Gasteiger charge is -2.21. The number of benzene rings is 1. The molecule has 1 amide bonds. The van der Waals surface area contributed by atoms with Gasteiger partial charge in [-0.25, -0.2) is 0 Å². The first-order chi connectivity index (χ1) is 8.81. The number of rotatable bonds is 5. The number of amides is 1. The molecule has 0 saturated heterocycles. The third-order valence-corrected chi connectivity index (χ3v) is 2.90. The molecule has 1 rings (SSSR count). The molecule has 0 fully saturated rings. The summed E-state index contributed by atoms with van der Waals surface area (Å²) in [5.74, 6) is -0.100. The summed E-state index contributed by atoms with van der Waals surface area (Å²) in [6.45, 7) is 7.89. The smallest absolute Gasteiger partial charge is 0.246 e. The summed E-state index contributed by atoms with van der Waals surface area (Å²) < 4.78 is 5.46. The van der Waals surface area contributed by atoms with E-state index in [1.54, 1.807) is 0 Å². The highest BCUT2D eigenvalue weighted by Crippen LogP contribution is 2.19. The van der Waals surface area contributed by atoms with Crippen molar-refractivity contribution in [3.8, 4) is 0 Å². The van der Waals surface area contributed by atoms with Gasteiger partial charge in [0.05, 0.1) is 11.6 Å². The fourth-order valence-electron chi connectivity index (χ4n) is 1.63. The first-order valence-corrected chi connectivity index (χ1v) is 6.88. The van der Waals surface area contributed by atoms with Crippen LogP contribution in [0, 0.1) is 0 Å². The molecule has 106 valence electrons. The number of carbonyl (C=O) groups excluding carboxylic acids is 1. The van der Waals surface area contributed by atoms with Gasteiger partial charge in [-0.1, -0.05) is 30.7 Å². The first kappa shape index (κ1) is 16.0. The number of hydrogen-bond donors (Lipinski definition) is 1. The van der Waals surface area contributed by atoms with E-state index in [2.05, 4.69) is 5.32 Å². The second-order valence-corrected chi connectivity index (χ2v) is 5.92. The Morgan fingerprint density at radius 1 is 1.32 bits per heavy atom. The summed E-state index contributed by atoms with van der Waals surface area (Å²) >= 11 is 5.86. The van der Waals surface area contributed by atoms with E-state index in [4.69, 9.17) is 16.3 Å². The molecule has 0 radical (unpaired) electrons. The van der Waals surface area contributed by atoms with Crippen molar-refractivity contribution in [1.82, 2.24) is 5.32 Å². The molecular weight excluding hydrogens is 262 g/mol. The molecule has 0 spiro atoms. The van der Waals surface area contributed by atoms with E-state index in [9.17, 15) is 4.79 Å². The van der Waals surface area contributed by atoms with Gasteiger partial charge in [-0.2, -0.15) is 0 Å². The fraction of sp³-hybridized carbons (Fsp3) is 0.533. The van der Waals surface area contributed by atoms with Crippen molar-refractivity contribution in [1.29, 1.82) is 0 Å². The third kappa shape index (κ3) is 6.08. The summed E-state index contributed by atoms with van der Waals surface area (Å²) in [7, 11) is 0. The molecule has 1 aromatic rings. The highest BCUT2D eigenvalue weighted by atomic mass is 35.5. The standard InChI is InChI=1S/C15H22ClNO2/c1-5-13(11-6-8-12(16)9-7-11)17-14(18)10-19-15(2,3)4/h6-9,13H,5,10H2,1-4H3,(H,17,18). The van der Waals surface area contributed by atoms with Crippen LogP contribution in [0.3, 0.4) is 0 Å². The van der Waals surface area contributed by atoms with Gasteiger partial charge >= 0.3 is 0 Å². The van der Waals surface area contributed by atoms with Gasteiger partial charge < -0.3 is 10.1 Å². The van der Waals surface area contributed by atoms with Crippen LogP contribution in [-0.4, -0.2) is 18.1 Å². The second-order valence-electron chi connectivity index (χ2n) is 5.48. The van der Waals surface area contributed by atoms with Crippen LogP contribution < -0.4 is 5.32 Å². The van der Waals surface area contributed by atoms with Crippen LogP contribution in [0.4, 0.5) is 0 Å². The van der Waals surface area contributed by atoms with Crippen LogP contribution in [0.15, 0.2) is 24.3 Å². The Morgan fingerprint density at radius 2 is 1.89 bits per heavy atom. The molecular formula is C15H22ClNO2. The van der Waals surface area contributed by atoms with Gasteiger partial charge in [0.25, 0.3) is 0 Å². The van der Waals surface area contributed by atoms with Crippen molar-refractivity contribution in [3.63, 3.8) is 0 Å². The van der Waals surface area contributed by atoms with E-state index < -0.39 is 0 Å². The molecule has 1 atom stereocenters. The van der Waals surface area contributed by atoms with Gasteiger partial charge in [0.1, 0.15) is 6.61 Å². The van der Waals surface area contributed by atoms with Crippen molar-refractivity contribution in [2.75, 3.05) is 6.61 Å². The van der Waals surface area contributed by atoms with E-state index in [1.165, 1.54) is 0 Å². The van der Waals surface area contributed by atoms with Crippen LogP contribution in [0.2, 0.25) is 5.02 Å². The van der Waals surface area contributed by atoms with Gasteiger partial charge in [-0.15, -0.1) is 0 Å². The molecule has 0 aromatic heterocycles. The quantitative estimate of drug-likeness (QED) is 0.894. The Hall–Kier alpha value is -1.06. The number of halogens is 1. The Labute approximate surface area is 120 Å². The number of carbonyl (C=O) groups is 1. The summed E-state index contributed by atoms with van der Waals surface area (Å²) in [6.07, 6.45) is 0.822. The molecule has 3 nitrogen and oxygen atoms in total. The highest BCUT2D eigenvalue weighted by Gasteiger charge is 2.16. The summed E-state index contributed by atoms with van der Waals surface area (Å²) in [6, 6.07) is 7.52. The molecule has 19 heavy (non-hydrogen) atoms. The molecule has 0 aliphatic heterocycles. The molecule has 0 aliphatic rings. The Morgan fingerprint density at radius 3 is 2.37 bits per heavy atom. The molecule has 0 aliphatic carbocycles. The predicted octanol–water partition coefficient (Wildman–Crippen LogP) is 3.72. The minimum Gasteiger partial charge on any atom is -0.366 e. The van der Waals surface area contributed by atoms with Crippen molar-refractivity contribution in [2.24, 2.45) is 0 Å². The van der Waals surface area contributed by atoms with Gasteiger partial charge in [0, 0.05) is 5.02 Å². The minimum atomic E-state index is -0.306. The van der Waals surface area contributed by atoms with Crippen LogP contribution in [-0.2, 0) is 9.53 Å². The molecule has 0 heterocycles. The zero-order valence-corrected chi connectivity index (χ0v) is 12.8. The monoisotopic (exact) mass is 283 g/mol. The van der Waals surface area contributed by atoms with E-state index in [0.29, 0.717) is 5.02 Å². The van der Waals surface area contributed by atoms with E-state index in [-0.39, 0.29) is 24.2 Å². The fourth-order valence-corrected chi connectivity index (χ4v) is 1.76. The van der Waals surface area contributed by atoms with Crippen LogP contribution in [0.1, 0.15) is 45.7 Å². The van der Waals surface area contributed by atoms with E-state index >= 15 is 0 Å². The van der Waals surface area contributed by atoms with Crippen molar-refractivity contribution >= 4 is 17.5 Å². The lowest BCUT2D eigenvalue weighted by Crippen LogP contribution is -2.34. The zero-order valence-electron chi connectivity index (χ0n) is 12.0. The largest absolute Gasteiger partial charge is 0.366 e. The maximum absolute atomic E-state index is 11.8.